The molecule has 0 aliphatic heterocycles. The highest BCUT2D eigenvalue weighted by atomic mass is 19.1. The maximum absolute atomic E-state index is 13.6. The summed E-state index contributed by atoms with van der Waals surface area (Å²) < 4.78 is 13.6. The van der Waals surface area contributed by atoms with Crippen LogP contribution < -0.4 is 5.32 Å². The number of pyridine rings is 1. The van der Waals surface area contributed by atoms with E-state index in [0.717, 1.165) is 67.1 Å². The van der Waals surface area contributed by atoms with Crippen molar-refractivity contribution in [1.82, 2.24) is 25.5 Å². The monoisotopic (exact) mass is 551 g/mol. The molecule has 0 radical (unpaired) electrons. The topological polar surface area (TPSA) is 69.4 Å². The van der Waals surface area contributed by atoms with Crippen LogP contribution in [0.15, 0.2) is 134 Å². The molecule has 6 aromatic rings. The minimum Gasteiger partial charge on any atom is -0.359 e. The highest BCUT2D eigenvalue weighted by Crippen LogP contribution is 2.34. The van der Waals surface area contributed by atoms with E-state index in [2.05, 4.69) is 51.9 Å². The summed E-state index contributed by atoms with van der Waals surface area (Å²) in [5, 5.41) is 12.2. The van der Waals surface area contributed by atoms with E-state index in [0.29, 0.717) is 6.42 Å². The lowest BCUT2D eigenvalue weighted by Crippen LogP contribution is -2.12. The summed E-state index contributed by atoms with van der Waals surface area (Å²) in [5.74, 6) is -0.256. The van der Waals surface area contributed by atoms with Crippen LogP contribution in [-0.2, 0) is 6.42 Å². The highest BCUT2D eigenvalue weighted by molar-refractivity contribution is 6.00. The van der Waals surface area contributed by atoms with Crippen LogP contribution in [0.25, 0.3) is 50.0 Å². The first-order valence-corrected chi connectivity index (χ1v) is 13.7. The average Bonchev–Trinajstić information content (AvgIpc) is 3.64. The van der Waals surface area contributed by atoms with Crippen molar-refractivity contribution in [3.63, 3.8) is 0 Å². The maximum Gasteiger partial charge on any atom is 0.135 e. The molecule has 3 aromatic heterocycles. The van der Waals surface area contributed by atoms with E-state index in [-0.39, 0.29) is 5.82 Å². The lowest BCUT2D eigenvalue weighted by molar-refractivity contribution is 0.628. The van der Waals surface area contributed by atoms with E-state index in [4.69, 9.17) is 4.98 Å². The van der Waals surface area contributed by atoms with Gasteiger partial charge in [-0.05, 0) is 77.7 Å². The Morgan fingerprint density at radius 1 is 0.952 bits per heavy atom. The molecule has 6 rings (SSSR count). The summed E-state index contributed by atoms with van der Waals surface area (Å²) in [6.45, 7) is 10.2. The number of fused-ring (bicyclic) bond motifs is 2. The predicted molar refractivity (Wildman–Crippen MR) is 171 cm³/mol. The van der Waals surface area contributed by atoms with Crippen molar-refractivity contribution >= 4 is 27.5 Å². The normalized spacial score (nSPS) is 12.1. The largest absolute Gasteiger partial charge is 0.359 e. The summed E-state index contributed by atoms with van der Waals surface area (Å²) in [7, 11) is 0. The molecule has 0 saturated heterocycles. The molecule has 3 heterocycles. The first kappa shape index (κ1) is 26.7. The molecule has 5 nitrogen and oxygen atoms in total. The molecule has 42 heavy (non-hydrogen) atoms. The molecule has 0 aliphatic rings. The van der Waals surface area contributed by atoms with Crippen LogP contribution >= 0.6 is 0 Å². The van der Waals surface area contributed by atoms with Crippen molar-refractivity contribution in [2.45, 2.75) is 13.3 Å². The van der Waals surface area contributed by atoms with Gasteiger partial charge < -0.3 is 10.3 Å². The molecule has 0 spiro atoms. The number of hydrogen-bond donors (Lipinski definition) is 3. The summed E-state index contributed by atoms with van der Waals surface area (Å²) in [5.41, 5.74) is 10.7. The van der Waals surface area contributed by atoms with Gasteiger partial charge in [-0.15, -0.1) is 0 Å². The number of rotatable bonds is 9. The van der Waals surface area contributed by atoms with Crippen LogP contribution in [0.2, 0.25) is 0 Å². The van der Waals surface area contributed by atoms with Crippen LogP contribution in [0.4, 0.5) is 4.39 Å². The Bertz CT molecular complexity index is 1970. The predicted octanol–water partition coefficient (Wildman–Crippen LogP) is 8.73. The van der Waals surface area contributed by atoms with E-state index in [1.54, 1.807) is 18.2 Å². The Kier molecular flexibility index (Phi) is 7.35. The number of allylic oxidation sites excluding steroid dienone is 5. The zero-order chi connectivity index (χ0) is 29.1. The third-order valence-corrected chi connectivity index (χ3v) is 7.20. The van der Waals surface area contributed by atoms with Gasteiger partial charge in [-0.25, -0.2) is 9.37 Å². The quantitative estimate of drug-likeness (QED) is 0.157. The van der Waals surface area contributed by atoms with Crippen molar-refractivity contribution in [2.75, 3.05) is 0 Å². The second-order valence-corrected chi connectivity index (χ2v) is 10.1. The van der Waals surface area contributed by atoms with Gasteiger partial charge in [-0.2, -0.15) is 5.10 Å². The van der Waals surface area contributed by atoms with Gasteiger partial charge in [0.25, 0.3) is 0 Å². The highest BCUT2D eigenvalue weighted by Gasteiger charge is 2.16. The second kappa shape index (κ2) is 11.6. The van der Waals surface area contributed by atoms with Crippen LogP contribution in [0.1, 0.15) is 18.2 Å². The van der Waals surface area contributed by atoms with Crippen molar-refractivity contribution in [3.8, 4) is 22.5 Å². The van der Waals surface area contributed by atoms with Gasteiger partial charge in [0, 0.05) is 28.7 Å². The van der Waals surface area contributed by atoms with E-state index < -0.39 is 0 Å². The molecule has 0 aliphatic carbocycles. The Morgan fingerprint density at radius 3 is 2.52 bits per heavy atom. The third-order valence-electron chi connectivity index (χ3n) is 7.20. The van der Waals surface area contributed by atoms with Crippen LogP contribution in [0, 0.1) is 5.82 Å². The Balaban J connectivity index is 1.32. The van der Waals surface area contributed by atoms with E-state index in [1.165, 1.54) is 17.7 Å². The van der Waals surface area contributed by atoms with Gasteiger partial charge in [0.05, 0.1) is 16.9 Å². The van der Waals surface area contributed by atoms with Crippen LogP contribution in [0.5, 0.6) is 0 Å². The average molecular weight is 552 g/mol. The summed E-state index contributed by atoms with van der Waals surface area (Å²) in [6, 6.07) is 28.9. The molecule has 206 valence electrons. The molecule has 0 unspecified atom stereocenters. The Labute approximate surface area is 243 Å². The fraction of sp³-hybridized carbons (Fsp3) is 0.0556. The van der Waals surface area contributed by atoms with Gasteiger partial charge in [0.15, 0.2) is 0 Å². The summed E-state index contributed by atoms with van der Waals surface area (Å²) >= 11 is 0. The van der Waals surface area contributed by atoms with Gasteiger partial charge in [0.1, 0.15) is 17.0 Å². The van der Waals surface area contributed by atoms with Gasteiger partial charge in [-0.1, -0.05) is 73.8 Å². The van der Waals surface area contributed by atoms with Crippen molar-refractivity contribution in [3.05, 3.63) is 151 Å². The minimum atomic E-state index is -0.256. The maximum atomic E-state index is 13.6. The van der Waals surface area contributed by atoms with Gasteiger partial charge in [-0.3, -0.25) is 5.10 Å². The molecule has 0 fully saturated rings. The zero-order valence-electron chi connectivity index (χ0n) is 23.3. The number of nitrogens with one attached hydrogen (secondary N) is 3. The minimum absolute atomic E-state index is 0.256. The van der Waals surface area contributed by atoms with Crippen molar-refractivity contribution < 1.29 is 4.39 Å². The molecule has 0 saturated carbocycles. The zero-order valence-corrected chi connectivity index (χ0v) is 23.3. The van der Waals surface area contributed by atoms with E-state index in [9.17, 15) is 4.39 Å². The number of aromatic amines is 2. The van der Waals surface area contributed by atoms with Crippen LogP contribution in [-0.4, -0.2) is 20.2 Å². The molecule has 3 N–H and O–H groups in total. The number of benzene rings is 3. The molecular formula is C36H30FN5. The first-order valence-electron chi connectivity index (χ1n) is 13.7. The second-order valence-electron chi connectivity index (χ2n) is 10.1. The molecule has 0 amide bonds. The standard InChI is InChI=1S/C36H30FN5/c1-4-25(21-28(5-2)38-23(3)20-24-10-7-6-8-11-24)31-18-19-33-35(40-31)36(42-41-33)34-22-30-29(12-9-13-32(30)39-34)26-14-16-27(37)17-15-26/h4-19,21-22,38-39H,2-3,20H2,1H3,(H,41,42)/b25-4+,28-21+. The molecule has 0 atom stereocenters. The van der Waals surface area contributed by atoms with Gasteiger partial charge >= 0.3 is 0 Å². The number of hydrogen-bond acceptors (Lipinski definition) is 3. The lowest BCUT2D eigenvalue weighted by Gasteiger charge is -2.12. The number of aromatic nitrogens is 4. The smallest absolute Gasteiger partial charge is 0.135 e. The SMILES string of the molecule is C=C/C(=C\C(=C/C)c1ccc2[nH]nc(-c3cc4c(-c5ccc(F)cc5)cccc4[nH]3)c2n1)NC(=C)Cc1ccccc1. The number of H-pyrrole nitrogens is 2. The molecule has 3 aromatic carbocycles. The first-order chi connectivity index (χ1) is 20.5. The van der Waals surface area contributed by atoms with E-state index >= 15 is 0 Å². The Hall–Kier alpha value is -5.49. The van der Waals surface area contributed by atoms with Crippen molar-refractivity contribution in [2.24, 2.45) is 0 Å². The summed E-state index contributed by atoms with van der Waals surface area (Å²) in [4.78, 5) is 8.53. The van der Waals surface area contributed by atoms with Crippen LogP contribution in [0.3, 0.4) is 0 Å². The van der Waals surface area contributed by atoms with Gasteiger partial charge in [0.2, 0.25) is 0 Å². The molecule has 6 heteroatoms. The third kappa shape index (κ3) is 5.43. The number of halogens is 1. The number of nitrogens with zero attached hydrogens (tertiary/aromatic N) is 2. The fourth-order valence-corrected chi connectivity index (χ4v) is 5.12. The fourth-order valence-electron chi connectivity index (χ4n) is 5.12. The lowest BCUT2D eigenvalue weighted by atomic mass is 10.0. The molecule has 0 bridgehead atoms. The van der Waals surface area contributed by atoms with Crippen molar-refractivity contribution in [1.29, 1.82) is 0 Å². The molecular weight excluding hydrogens is 521 g/mol. The van der Waals surface area contributed by atoms with E-state index in [1.807, 2.05) is 67.6 Å². The summed E-state index contributed by atoms with van der Waals surface area (Å²) in [6.07, 6.45) is 6.55. The Morgan fingerprint density at radius 2 is 1.76 bits per heavy atom.